The van der Waals surface area contributed by atoms with Gasteiger partial charge in [-0.25, -0.2) is 0 Å². The van der Waals surface area contributed by atoms with Gasteiger partial charge in [-0.1, -0.05) is 18.2 Å². The van der Waals surface area contributed by atoms with Crippen molar-refractivity contribution in [3.05, 3.63) is 29.8 Å². The Labute approximate surface area is 105 Å². The molecule has 0 spiro atoms. The molecular formula is C15H25N2+. The third-order valence-electron chi connectivity index (χ3n) is 4.21. The van der Waals surface area contributed by atoms with Gasteiger partial charge in [-0.2, -0.15) is 0 Å². The van der Waals surface area contributed by atoms with Gasteiger partial charge in [-0.15, -0.1) is 0 Å². The van der Waals surface area contributed by atoms with Gasteiger partial charge in [-0.05, 0) is 32.4 Å². The first-order chi connectivity index (χ1) is 7.76. The average molecular weight is 233 g/mol. The predicted octanol–water partition coefficient (Wildman–Crippen LogP) is 3.02. The van der Waals surface area contributed by atoms with E-state index in [0.717, 1.165) is 4.48 Å². The minimum atomic E-state index is 0.217. The molecule has 0 amide bonds. The van der Waals surface area contributed by atoms with Gasteiger partial charge in [0.15, 0.2) is 6.17 Å². The van der Waals surface area contributed by atoms with Gasteiger partial charge < -0.3 is 9.38 Å². The summed E-state index contributed by atoms with van der Waals surface area (Å²) in [6, 6.07) is 8.71. The number of quaternary nitrogens is 1. The van der Waals surface area contributed by atoms with E-state index in [4.69, 9.17) is 0 Å². The summed E-state index contributed by atoms with van der Waals surface area (Å²) < 4.78 is 1.06. The van der Waals surface area contributed by atoms with Crippen molar-refractivity contribution in [3.8, 4) is 0 Å². The number of para-hydroxylation sites is 1. The molecule has 2 rings (SSSR count). The third-order valence-corrected chi connectivity index (χ3v) is 4.21. The zero-order valence-electron chi connectivity index (χ0n) is 12.0. The van der Waals surface area contributed by atoms with E-state index < -0.39 is 0 Å². The maximum absolute atomic E-state index is 2.59. The minimum Gasteiger partial charge on any atom is -0.312 e. The molecule has 17 heavy (non-hydrogen) atoms. The molecule has 2 nitrogen and oxygen atoms in total. The molecular weight excluding hydrogens is 208 g/mol. The average Bonchev–Trinajstić information content (AvgIpc) is 2.34. The number of aryl methyl sites for hydroxylation is 1. The Hall–Kier alpha value is -1.02. The molecule has 1 atom stereocenters. The topological polar surface area (TPSA) is 3.24 Å². The molecule has 1 aromatic rings. The predicted molar refractivity (Wildman–Crippen MR) is 74.2 cm³/mol. The fourth-order valence-corrected chi connectivity index (χ4v) is 3.39. The molecule has 0 radical (unpaired) electrons. The van der Waals surface area contributed by atoms with Gasteiger partial charge in [0.05, 0.1) is 19.6 Å². The van der Waals surface area contributed by atoms with Crippen LogP contribution >= 0.6 is 0 Å². The molecule has 0 aliphatic carbocycles. The number of likely N-dealkylation sites (N-methyl/N-ethyl adjacent to an activating group) is 1. The first-order valence-electron chi connectivity index (χ1n) is 6.43. The normalized spacial score (nSPS) is 26.2. The molecule has 0 bridgehead atoms. The van der Waals surface area contributed by atoms with E-state index >= 15 is 0 Å². The first kappa shape index (κ1) is 12.4. The fraction of sp³-hybridized carbons (Fsp3) is 0.600. The van der Waals surface area contributed by atoms with Gasteiger partial charge in [0.25, 0.3) is 0 Å². The maximum Gasteiger partial charge on any atom is 0.162 e. The van der Waals surface area contributed by atoms with Crippen LogP contribution in [0.3, 0.4) is 0 Å². The molecule has 1 unspecified atom stereocenters. The lowest BCUT2D eigenvalue weighted by Gasteiger charge is -2.35. The van der Waals surface area contributed by atoms with Crippen molar-refractivity contribution < 1.29 is 4.48 Å². The molecule has 0 N–H and O–H groups in total. The Morgan fingerprint density at radius 2 is 1.82 bits per heavy atom. The van der Waals surface area contributed by atoms with Crippen molar-refractivity contribution in [3.63, 3.8) is 0 Å². The zero-order chi connectivity index (χ0) is 12.8. The van der Waals surface area contributed by atoms with Crippen LogP contribution in [-0.2, 0) is 0 Å². The molecule has 2 heteroatoms. The number of nitrogens with zero attached hydrogens (tertiary/aromatic N) is 2. The van der Waals surface area contributed by atoms with Crippen LogP contribution in [0.25, 0.3) is 0 Å². The van der Waals surface area contributed by atoms with Crippen molar-refractivity contribution in [1.29, 1.82) is 0 Å². The minimum absolute atomic E-state index is 0.217. The molecule has 1 aliphatic rings. The Bertz CT molecular complexity index is 421. The van der Waals surface area contributed by atoms with Crippen molar-refractivity contribution >= 4 is 5.69 Å². The van der Waals surface area contributed by atoms with Gasteiger partial charge in [0.1, 0.15) is 6.54 Å². The van der Waals surface area contributed by atoms with Crippen molar-refractivity contribution in [2.75, 3.05) is 25.5 Å². The van der Waals surface area contributed by atoms with Crippen LogP contribution < -0.4 is 4.90 Å². The monoisotopic (exact) mass is 233 g/mol. The van der Waals surface area contributed by atoms with E-state index in [1.54, 1.807) is 0 Å². The number of rotatable bonds is 1. The Kier molecular flexibility index (Phi) is 2.74. The van der Waals surface area contributed by atoms with E-state index in [2.05, 4.69) is 71.0 Å². The maximum atomic E-state index is 2.59. The van der Waals surface area contributed by atoms with Crippen molar-refractivity contribution in [2.24, 2.45) is 0 Å². The summed E-state index contributed by atoms with van der Waals surface area (Å²) in [7, 11) is 4.65. The van der Waals surface area contributed by atoms with E-state index in [1.165, 1.54) is 17.8 Å². The van der Waals surface area contributed by atoms with E-state index in [0.29, 0.717) is 6.17 Å². The van der Waals surface area contributed by atoms with E-state index in [9.17, 15) is 0 Å². The van der Waals surface area contributed by atoms with Crippen LogP contribution in [0.5, 0.6) is 0 Å². The molecule has 1 saturated heterocycles. The fourth-order valence-electron chi connectivity index (χ4n) is 3.39. The Morgan fingerprint density at radius 1 is 1.24 bits per heavy atom. The molecule has 94 valence electrons. The van der Waals surface area contributed by atoms with Crippen molar-refractivity contribution in [1.82, 2.24) is 0 Å². The summed E-state index contributed by atoms with van der Waals surface area (Å²) in [6.45, 7) is 10.4. The van der Waals surface area contributed by atoms with E-state index in [-0.39, 0.29) is 5.54 Å². The van der Waals surface area contributed by atoms with Crippen LogP contribution in [0.4, 0.5) is 5.69 Å². The molecule has 1 aromatic carbocycles. The second-order valence-electron chi connectivity index (χ2n) is 6.54. The summed E-state index contributed by atoms with van der Waals surface area (Å²) in [4.78, 5) is 2.59. The highest BCUT2D eigenvalue weighted by Crippen LogP contribution is 2.38. The highest BCUT2D eigenvalue weighted by atomic mass is 15.5. The van der Waals surface area contributed by atoms with E-state index in [1.807, 2.05) is 0 Å². The molecule has 1 fully saturated rings. The molecule has 0 aromatic heterocycles. The zero-order valence-corrected chi connectivity index (χ0v) is 12.0. The second kappa shape index (κ2) is 3.74. The standard InChI is InChI=1S/C15H25N2/c1-12-9-7-8-10-14(12)16-13(2)17(5,6)11-15(16,3)4/h7-10,13H,11H2,1-6H3/q+1. The summed E-state index contributed by atoms with van der Waals surface area (Å²) in [5.74, 6) is 0. The first-order valence-corrected chi connectivity index (χ1v) is 6.43. The smallest absolute Gasteiger partial charge is 0.162 e. The summed E-state index contributed by atoms with van der Waals surface area (Å²) in [6.07, 6.45) is 0.520. The number of hydrogen-bond acceptors (Lipinski definition) is 1. The quantitative estimate of drug-likeness (QED) is 0.674. The highest BCUT2D eigenvalue weighted by Gasteiger charge is 2.49. The molecule has 0 saturated carbocycles. The second-order valence-corrected chi connectivity index (χ2v) is 6.54. The largest absolute Gasteiger partial charge is 0.312 e. The van der Waals surface area contributed by atoms with Crippen LogP contribution in [0, 0.1) is 6.92 Å². The lowest BCUT2D eigenvalue weighted by atomic mass is 10.0. The van der Waals surface area contributed by atoms with Gasteiger partial charge in [-0.3, -0.25) is 0 Å². The number of anilines is 1. The summed E-state index contributed by atoms with van der Waals surface area (Å²) >= 11 is 0. The van der Waals surface area contributed by atoms with Crippen molar-refractivity contribution in [2.45, 2.75) is 39.4 Å². The number of hydrogen-bond donors (Lipinski definition) is 0. The third kappa shape index (κ3) is 1.95. The Balaban J connectivity index is 2.48. The van der Waals surface area contributed by atoms with Gasteiger partial charge in [0.2, 0.25) is 0 Å². The Morgan fingerprint density at radius 3 is 2.29 bits per heavy atom. The number of benzene rings is 1. The lowest BCUT2D eigenvalue weighted by Crippen LogP contribution is -2.47. The lowest BCUT2D eigenvalue weighted by molar-refractivity contribution is -0.900. The highest BCUT2D eigenvalue weighted by molar-refractivity contribution is 5.56. The SMILES string of the molecule is Cc1ccccc1N1C(C)[N+](C)(C)CC1(C)C. The summed E-state index contributed by atoms with van der Waals surface area (Å²) in [5, 5.41) is 0. The van der Waals surface area contributed by atoms with Crippen LogP contribution in [0.2, 0.25) is 0 Å². The van der Waals surface area contributed by atoms with Gasteiger partial charge in [0, 0.05) is 12.6 Å². The van der Waals surface area contributed by atoms with Gasteiger partial charge >= 0.3 is 0 Å². The van der Waals surface area contributed by atoms with Crippen LogP contribution in [0.15, 0.2) is 24.3 Å². The summed E-state index contributed by atoms with van der Waals surface area (Å²) in [5.41, 5.74) is 2.97. The van der Waals surface area contributed by atoms with Crippen LogP contribution in [-0.4, -0.2) is 36.8 Å². The molecule has 1 aliphatic heterocycles. The molecule has 1 heterocycles. The van der Waals surface area contributed by atoms with Crippen LogP contribution in [0.1, 0.15) is 26.3 Å².